The van der Waals surface area contributed by atoms with Crippen molar-refractivity contribution in [3.8, 4) is 0 Å². The number of hydrogen-bond donors (Lipinski definition) is 1. The Morgan fingerprint density at radius 2 is 1.38 bits per heavy atom. The normalized spacial score (nSPS) is 12.1. The number of carbonyl (C=O) groups is 3. The molecule has 0 saturated carbocycles. The molecule has 3 aromatic rings. The first-order valence-electron chi connectivity index (χ1n) is 9.99. The molecular formula is C22H24Br5O6PS3. The van der Waals surface area contributed by atoms with Crippen molar-refractivity contribution in [2.75, 3.05) is 13.2 Å². The lowest BCUT2D eigenvalue weighted by Gasteiger charge is -2.04. The molecule has 1 fully saturated rings. The van der Waals surface area contributed by atoms with Crippen molar-refractivity contribution in [2.45, 2.75) is 34.0 Å². The predicted octanol–water partition coefficient (Wildman–Crippen LogP) is 10.9. The summed E-state index contributed by atoms with van der Waals surface area (Å²) in [6.45, 7) is 8.53. The minimum Gasteiger partial charge on any atom is -0.481 e. The molecule has 0 amide bonds. The average Bonchev–Trinajstić information content (AvgIpc) is 3.59. The number of carboxylic acids is 1. The molecule has 0 atom stereocenters. The summed E-state index contributed by atoms with van der Waals surface area (Å²) in [5, 5.41) is 7.42. The third-order valence-electron chi connectivity index (χ3n) is 3.60. The van der Waals surface area contributed by atoms with Crippen LogP contribution in [0.25, 0.3) is 0 Å². The zero-order chi connectivity index (χ0) is 28.5. The molecule has 3 aromatic heterocycles. The summed E-state index contributed by atoms with van der Waals surface area (Å²) >= 11 is 21.0. The van der Waals surface area contributed by atoms with Crippen LogP contribution in [0, 0.1) is 20.8 Å². The molecule has 1 aliphatic rings. The van der Waals surface area contributed by atoms with E-state index in [0.717, 1.165) is 48.0 Å². The summed E-state index contributed by atoms with van der Waals surface area (Å²) in [4.78, 5) is 35.5. The van der Waals surface area contributed by atoms with Crippen molar-refractivity contribution >= 4 is 135 Å². The molecule has 37 heavy (non-hydrogen) atoms. The van der Waals surface area contributed by atoms with Crippen molar-refractivity contribution in [1.29, 1.82) is 0 Å². The topological polar surface area (TPSA) is 89.9 Å². The number of aryl methyl sites for hydroxylation is 3. The Kier molecular flexibility index (Phi) is 21.8. The zero-order valence-electron chi connectivity index (χ0n) is 20.0. The Morgan fingerprint density at radius 1 is 0.919 bits per heavy atom. The van der Waals surface area contributed by atoms with E-state index in [2.05, 4.69) is 91.3 Å². The van der Waals surface area contributed by atoms with E-state index in [1.54, 1.807) is 11.3 Å². The van der Waals surface area contributed by atoms with Crippen LogP contribution in [-0.2, 0) is 14.3 Å². The van der Waals surface area contributed by atoms with Gasteiger partial charge in [-0.25, -0.2) is 0 Å². The van der Waals surface area contributed by atoms with Crippen molar-refractivity contribution in [3.63, 3.8) is 0 Å². The van der Waals surface area contributed by atoms with Gasteiger partial charge in [-0.1, -0.05) is 0 Å². The Labute approximate surface area is 270 Å². The van der Waals surface area contributed by atoms with E-state index in [-0.39, 0.29) is 10.3 Å². The number of carboxylic acid groups (broad SMARTS) is 1. The van der Waals surface area contributed by atoms with Gasteiger partial charge in [-0.05, 0) is 123 Å². The highest BCUT2D eigenvalue weighted by atomic mass is 80.0. The van der Waals surface area contributed by atoms with Crippen LogP contribution in [0.2, 0.25) is 0 Å². The summed E-state index contributed by atoms with van der Waals surface area (Å²) in [6.07, 6.45) is 1.61. The van der Waals surface area contributed by atoms with Crippen LogP contribution in [0.15, 0.2) is 33.2 Å². The van der Waals surface area contributed by atoms with Gasteiger partial charge in [0.25, 0.3) is 5.97 Å². The van der Waals surface area contributed by atoms with Crippen LogP contribution < -0.4 is 0 Å². The second kappa shape index (κ2) is 21.4. The van der Waals surface area contributed by atoms with Crippen LogP contribution in [0.1, 0.15) is 52.1 Å². The second-order valence-electron chi connectivity index (χ2n) is 6.57. The maximum atomic E-state index is 10.2. The number of hydrogen-bond acceptors (Lipinski definition) is 8. The molecule has 0 aliphatic carbocycles. The van der Waals surface area contributed by atoms with E-state index >= 15 is 0 Å². The van der Waals surface area contributed by atoms with Gasteiger partial charge in [0, 0.05) is 30.5 Å². The maximum absolute atomic E-state index is 10.2. The lowest BCUT2D eigenvalue weighted by molar-refractivity contribution is -0.134. The van der Waals surface area contributed by atoms with Crippen LogP contribution in [-0.4, -0.2) is 36.9 Å². The molecule has 15 heteroatoms. The monoisotopic (exact) mass is 906 g/mol. The number of ether oxygens (including phenoxy) is 2. The highest BCUT2D eigenvalue weighted by molar-refractivity contribution is 9.93. The molecule has 0 radical (unpaired) electrons. The Bertz CT molecular complexity index is 1050. The van der Waals surface area contributed by atoms with E-state index in [4.69, 9.17) is 19.4 Å². The summed E-state index contributed by atoms with van der Waals surface area (Å²) in [7, 11) is 0. The number of carbonyl (C=O) groups excluding carboxylic acids is 2. The molecule has 1 saturated heterocycles. The smallest absolute Gasteiger partial charge is 0.300 e. The van der Waals surface area contributed by atoms with Crippen LogP contribution in [0.3, 0.4) is 0 Å². The lowest BCUT2D eigenvalue weighted by Crippen LogP contribution is -1.93. The van der Waals surface area contributed by atoms with E-state index in [1.165, 1.54) is 32.4 Å². The number of thiophene rings is 3. The summed E-state index contributed by atoms with van der Waals surface area (Å²) < 4.78 is 12.7. The fourth-order valence-corrected chi connectivity index (χ4v) is 5.80. The minimum absolute atomic E-state index is 0.125. The van der Waals surface area contributed by atoms with Gasteiger partial charge in [-0.2, -0.15) is 0 Å². The third kappa shape index (κ3) is 18.6. The highest BCUT2D eigenvalue weighted by Crippen LogP contribution is 2.59. The predicted molar refractivity (Wildman–Crippen MR) is 175 cm³/mol. The van der Waals surface area contributed by atoms with Crippen molar-refractivity contribution in [2.24, 2.45) is 0 Å². The number of rotatable bonds is 3. The summed E-state index contributed by atoms with van der Waals surface area (Å²) in [5.74, 6) is -0.833. The largest absolute Gasteiger partial charge is 0.481 e. The average molecular weight is 911 g/mol. The Hall–Kier alpha value is 0.660. The van der Waals surface area contributed by atoms with E-state index in [1.807, 2.05) is 32.0 Å². The molecule has 0 spiro atoms. The van der Waals surface area contributed by atoms with Gasteiger partial charge in [0.15, 0.2) is 18.9 Å². The van der Waals surface area contributed by atoms with Gasteiger partial charge in [0.05, 0.1) is 27.8 Å². The van der Waals surface area contributed by atoms with Gasteiger partial charge in [-0.3, -0.25) is 14.4 Å². The van der Waals surface area contributed by atoms with Crippen molar-refractivity contribution < 1.29 is 29.0 Å². The van der Waals surface area contributed by atoms with Gasteiger partial charge >= 0.3 is 0 Å². The van der Waals surface area contributed by atoms with Gasteiger partial charge in [0.1, 0.15) is 4.03 Å². The fraction of sp³-hybridized carbons (Fsp3) is 0.318. The fourth-order valence-electron chi connectivity index (χ4n) is 2.18. The molecule has 1 aliphatic heterocycles. The molecule has 6 nitrogen and oxygen atoms in total. The molecular weight excluding hydrogens is 887 g/mol. The van der Waals surface area contributed by atoms with Crippen molar-refractivity contribution in [3.05, 3.63) is 62.5 Å². The first-order chi connectivity index (χ1) is 17.3. The second-order valence-corrected chi connectivity index (χ2v) is 27.5. The molecule has 206 valence electrons. The molecule has 0 unspecified atom stereocenters. The minimum atomic E-state index is -0.833. The maximum Gasteiger partial charge on any atom is 0.300 e. The van der Waals surface area contributed by atoms with Gasteiger partial charge < -0.3 is 14.6 Å². The molecule has 4 heterocycles. The Morgan fingerprint density at radius 3 is 1.65 bits per heavy atom. The van der Waals surface area contributed by atoms with Crippen LogP contribution in [0.4, 0.5) is 0 Å². The number of aliphatic carboxylic acids is 1. The van der Waals surface area contributed by atoms with Crippen molar-refractivity contribution in [1.82, 2.24) is 0 Å². The first kappa shape index (κ1) is 37.7. The quantitative estimate of drug-likeness (QED) is 0.208. The molecule has 0 bridgehead atoms. The van der Waals surface area contributed by atoms with Crippen LogP contribution >= 0.6 is 116 Å². The molecule has 0 aromatic carbocycles. The van der Waals surface area contributed by atoms with Crippen LogP contribution in [0.5, 0.6) is 0 Å². The van der Waals surface area contributed by atoms with E-state index in [9.17, 15) is 9.59 Å². The Balaban J connectivity index is 0.000000468. The zero-order valence-corrected chi connectivity index (χ0v) is 31.3. The summed E-state index contributed by atoms with van der Waals surface area (Å²) in [6, 6.07) is 7.66. The number of halogens is 5. The van der Waals surface area contributed by atoms with Gasteiger partial charge in [-0.15, -0.1) is 34.0 Å². The first-order valence-corrected chi connectivity index (χ1v) is 21.4. The number of aldehydes is 2. The standard InChI is InChI=1S/C8H9BrO2S.C6H5BrOS.C6H6OS.C2H4O2.Br3P/c1-5-6(9)4-7(12-5)8-10-2-3-11-8;1-4-6(7)2-5(3-8)9-4;1-5-2-3-6(4-7)8-5;1-2(3)4;1-4(2)3/h4,8H,2-3H2,1H3;2-3H,1H3;2-4H,1H3;1H3,(H,3,4);. The summed E-state index contributed by atoms with van der Waals surface area (Å²) in [5.41, 5.74) is 0. The SMILES string of the molecule is BrP(Br)Br.CC(=O)O.Cc1ccc(C=O)s1.Cc1sc(C2OCCO2)cc1Br.Cc1sc(C=O)cc1Br. The highest BCUT2D eigenvalue weighted by Gasteiger charge is 2.20. The lowest BCUT2D eigenvalue weighted by atomic mass is 10.4. The molecule has 4 rings (SSSR count). The van der Waals surface area contributed by atoms with Gasteiger partial charge in [0.2, 0.25) is 0 Å². The third-order valence-corrected chi connectivity index (χ3v) is 8.75. The van der Waals surface area contributed by atoms with E-state index < -0.39 is 5.97 Å². The van der Waals surface area contributed by atoms with E-state index in [0.29, 0.717) is 13.2 Å². The molecule has 1 N–H and O–H groups in total.